The number of benzene rings is 1. The minimum absolute atomic E-state index is 0.113. The molecule has 6 rings (SSSR count). The zero-order valence-corrected chi connectivity index (χ0v) is 19.2. The van der Waals surface area contributed by atoms with Crippen LogP contribution in [0.3, 0.4) is 0 Å². The first-order valence-corrected chi connectivity index (χ1v) is 11.3. The highest BCUT2D eigenvalue weighted by atomic mass is 19.1. The highest BCUT2D eigenvalue weighted by Gasteiger charge is 2.36. The Kier molecular flexibility index (Phi) is 5.13. The third kappa shape index (κ3) is 3.82. The smallest absolute Gasteiger partial charge is 0.278 e. The second-order valence-corrected chi connectivity index (χ2v) is 8.63. The lowest BCUT2D eigenvalue weighted by atomic mass is 9.93. The van der Waals surface area contributed by atoms with E-state index in [-0.39, 0.29) is 35.9 Å². The van der Waals surface area contributed by atoms with Gasteiger partial charge in [-0.2, -0.15) is 15.2 Å². The van der Waals surface area contributed by atoms with E-state index in [4.69, 9.17) is 15.4 Å². The van der Waals surface area contributed by atoms with Crippen molar-refractivity contribution in [2.45, 2.75) is 19.4 Å². The summed E-state index contributed by atoms with van der Waals surface area (Å²) in [5.74, 6) is 0.256. The molecule has 1 saturated heterocycles. The minimum atomic E-state index is -0.371. The lowest BCUT2D eigenvalue weighted by molar-refractivity contribution is 0.0599. The second kappa shape index (κ2) is 8.48. The highest BCUT2D eigenvalue weighted by molar-refractivity contribution is 5.95. The number of nitrogens with zero attached hydrogens (tertiary/aromatic N) is 8. The number of hydrogen-bond acceptors (Lipinski definition) is 9. The van der Waals surface area contributed by atoms with Crippen molar-refractivity contribution in [3.63, 3.8) is 0 Å². The molecule has 5 aromatic rings. The summed E-state index contributed by atoms with van der Waals surface area (Å²) in [5.41, 5.74) is 8.61. The van der Waals surface area contributed by atoms with Gasteiger partial charge in [0.15, 0.2) is 11.5 Å². The molecular formula is C24H20FN9O2. The number of rotatable bonds is 5. The molecule has 0 aliphatic carbocycles. The van der Waals surface area contributed by atoms with Gasteiger partial charge in [-0.15, -0.1) is 5.10 Å². The van der Waals surface area contributed by atoms with Crippen molar-refractivity contribution in [3.05, 3.63) is 77.3 Å². The molecule has 12 heteroatoms. The number of carbonyl (C=O) groups excluding carboxylic acids is 1. The van der Waals surface area contributed by atoms with Gasteiger partial charge in [-0.05, 0) is 43.3 Å². The first-order valence-electron chi connectivity index (χ1n) is 11.3. The summed E-state index contributed by atoms with van der Waals surface area (Å²) in [6.45, 7) is 2.84. The Labute approximate surface area is 203 Å². The molecule has 0 radical (unpaired) electrons. The SMILES string of the molecule is Cc1ccc(-c2nc(Cn3nc(C4CN(C(=O)c5ccnc(N)c5)C4)c4c(F)cccc43)no2)nn1. The molecule has 0 unspecified atom stereocenters. The summed E-state index contributed by atoms with van der Waals surface area (Å²) in [5, 5.41) is 17.2. The summed E-state index contributed by atoms with van der Waals surface area (Å²) in [6.07, 6.45) is 1.50. The number of anilines is 1. The Hall–Kier alpha value is -4.74. The van der Waals surface area contributed by atoms with E-state index in [9.17, 15) is 9.18 Å². The van der Waals surface area contributed by atoms with Crippen molar-refractivity contribution >= 4 is 22.6 Å². The van der Waals surface area contributed by atoms with Gasteiger partial charge >= 0.3 is 0 Å². The molecule has 0 spiro atoms. The maximum atomic E-state index is 14.9. The molecule has 2 N–H and O–H groups in total. The maximum absolute atomic E-state index is 14.9. The van der Waals surface area contributed by atoms with Crippen LogP contribution in [0.25, 0.3) is 22.5 Å². The number of carbonyl (C=O) groups is 1. The number of aryl methyl sites for hydroxylation is 1. The fourth-order valence-electron chi connectivity index (χ4n) is 4.27. The molecule has 1 aliphatic heterocycles. The average Bonchev–Trinajstić information content (AvgIpc) is 3.45. The number of hydrogen-bond donors (Lipinski definition) is 1. The molecule has 36 heavy (non-hydrogen) atoms. The Balaban J connectivity index is 1.25. The van der Waals surface area contributed by atoms with E-state index < -0.39 is 0 Å². The topological polar surface area (TPSA) is 142 Å². The minimum Gasteiger partial charge on any atom is -0.384 e. The van der Waals surface area contributed by atoms with Crippen LogP contribution in [0.2, 0.25) is 0 Å². The van der Waals surface area contributed by atoms with E-state index in [1.54, 1.807) is 46.0 Å². The van der Waals surface area contributed by atoms with Gasteiger partial charge in [0.05, 0.1) is 22.3 Å². The molecular weight excluding hydrogens is 465 g/mol. The highest BCUT2D eigenvalue weighted by Crippen LogP contribution is 2.34. The van der Waals surface area contributed by atoms with E-state index in [0.29, 0.717) is 46.8 Å². The normalized spacial score (nSPS) is 13.8. The second-order valence-electron chi connectivity index (χ2n) is 8.63. The van der Waals surface area contributed by atoms with Crippen molar-refractivity contribution in [1.29, 1.82) is 0 Å². The van der Waals surface area contributed by atoms with Crippen molar-refractivity contribution < 1.29 is 13.7 Å². The number of nitrogen functional groups attached to an aromatic ring is 1. The van der Waals surface area contributed by atoms with E-state index in [0.717, 1.165) is 5.69 Å². The van der Waals surface area contributed by atoms with E-state index in [1.165, 1.54) is 12.3 Å². The summed E-state index contributed by atoms with van der Waals surface area (Å²) in [6, 6.07) is 11.6. The molecule has 0 saturated carbocycles. The van der Waals surface area contributed by atoms with Crippen molar-refractivity contribution in [2.24, 2.45) is 0 Å². The van der Waals surface area contributed by atoms with Gasteiger partial charge in [-0.3, -0.25) is 9.48 Å². The fraction of sp³-hybridized carbons (Fsp3) is 0.208. The maximum Gasteiger partial charge on any atom is 0.278 e. The lowest BCUT2D eigenvalue weighted by Gasteiger charge is -2.38. The Morgan fingerprint density at radius 3 is 2.83 bits per heavy atom. The number of nitrogens with two attached hydrogens (primary N) is 1. The predicted molar refractivity (Wildman–Crippen MR) is 126 cm³/mol. The molecule has 180 valence electrons. The third-order valence-corrected chi connectivity index (χ3v) is 6.11. The zero-order chi connectivity index (χ0) is 24.8. The van der Waals surface area contributed by atoms with Gasteiger partial charge in [0.1, 0.15) is 18.2 Å². The molecule has 1 aromatic carbocycles. The third-order valence-electron chi connectivity index (χ3n) is 6.11. The molecule has 0 atom stereocenters. The van der Waals surface area contributed by atoms with Crippen LogP contribution in [0.4, 0.5) is 10.2 Å². The molecule has 5 heterocycles. The van der Waals surface area contributed by atoms with Gasteiger partial charge in [-0.25, -0.2) is 9.37 Å². The van der Waals surface area contributed by atoms with E-state index >= 15 is 0 Å². The molecule has 4 aromatic heterocycles. The first-order chi connectivity index (χ1) is 17.5. The van der Waals surface area contributed by atoms with Crippen molar-refractivity contribution in [1.82, 2.24) is 40.0 Å². The van der Waals surface area contributed by atoms with Crippen LogP contribution in [0.15, 0.2) is 53.2 Å². The Morgan fingerprint density at radius 2 is 2.06 bits per heavy atom. The number of aromatic nitrogens is 7. The standard InChI is InChI=1S/C24H20FN9O2/c1-13-5-6-17(30-29-13)23-28-20(32-36-23)12-34-18-4-2-3-16(25)21(18)22(31-34)15-10-33(11-15)24(35)14-7-8-27-19(26)9-14/h2-9,15H,10-12H2,1H3,(H2,26,27). The van der Waals surface area contributed by atoms with Crippen LogP contribution in [0.5, 0.6) is 0 Å². The molecule has 0 bridgehead atoms. The predicted octanol–water partition coefficient (Wildman–Crippen LogP) is 2.59. The van der Waals surface area contributed by atoms with Crippen LogP contribution in [0, 0.1) is 12.7 Å². The van der Waals surface area contributed by atoms with E-state index in [1.807, 2.05) is 6.92 Å². The Morgan fingerprint density at radius 1 is 1.19 bits per heavy atom. The van der Waals surface area contributed by atoms with Gasteiger partial charge in [0.2, 0.25) is 0 Å². The number of likely N-dealkylation sites (tertiary alicyclic amines) is 1. The van der Waals surface area contributed by atoms with Crippen molar-refractivity contribution in [3.8, 4) is 11.6 Å². The largest absolute Gasteiger partial charge is 0.384 e. The van der Waals surface area contributed by atoms with Gasteiger partial charge in [0.25, 0.3) is 11.8 Å². The quantitative estimate of drug-likeness (QED) is 0.397. The average molecular weight is 485 g/mol. The van der Waals surface area contributed by atoms with Crippen molar-refractivity contribution in [2.75, 3.05) is 18.8 Å². The molecule has 1 aliphatic rings. The van der Waals surface area contributed by atoms with Gasteiger partial charge < -0.3 is 15.2 Å². The van der Waals surface area contributed by atoms with E-state index in [2.05, 4.69) is 25.3 Å². The van der Waals surface area contributed by atoms with Gasteiger partial charge in [0, 0.05) is 30.8 Å². The van der Waals surface area contributed by atoms with Crippen LogP contribution < -0.4 is 5.73 Å². The number of amides is 1. The molecule has 1 fully saturated rings. The zero-order valence-electron chi connectivity index (χ0n) is 19.2. The fourth-order valence-corrected chi connectivity index (χ4v) is 4.27. The summed E-state index contributed by atoms with van der Waals surface area (Å²) >= 11 is 0. The molecule has 1 amide bonds. The van der Waals surface area contributed by atoms with Crippen LogP contribution in [0.1, 0.15) is 33.5 Å². The molecule has 11 nitrogen and oxygen atoms in total. The number of halogens is 1. The van der Waals surface area contributed by atoms with Crippen LogP contribution in [-0.2, 0) is 6.54 Å². The summed E-state index contributed by atoms with van der Waals surface area (Å²) in [7, 11) is 0. The van der Waals surface area contributed by atoms with Crippen LogP contribution in [-0.4, -0.2) is 59.0 Å². The number of pyridine rings is 1. The Bertz CT molecular complexity index is 1590. The number of fused-ring (bicyclic) bond motifs is 1. The first kappa shape index (κ1) is 21.8. The van der Waals surface area contributed by atoms with Crippen LogP contribution >= 0.6 is 0 Å². The monoisotopic (exact) mass is 485 g/mol. The lowest BCUT2D eigenvalue weighted by Crippen LogP contribution is -2.48. The summed E-state index contributed by atoms with van der Waals surface area (Å²) < 4.78 is 21.9. The van der Waals surface area contributed by atoms with Gasteiger partial charge in [-0.1, -0.05) is 11.2 Å². The summed E-state index contributed by atoms with van der Waals surface area (Å²) in [4.78, 5) is 22.8.